The van der Waals surface area contributed by atoms with Crippen molar-refractivity contribution >= 4 is 23.3 Å². The standard InChI is InChI=1S/C25H36N6O3/c1-4-22(31-23-18-19(2)27-30(23)13-10-24(31)32)25(33)26-11-5-12-28-14-16-29(17-15-28)20-6-8-21(34-3)9-7-20/h6-9,18,22H,4-5,10-17H2,1-3H3,(H,26,33). The van der Waals surface area contributed by atoms with Gasteiger partial charge in [-0.25, -0.2) is 4.68 Å². The summed E-state index contributed by atoms with van der Waals surface area (Å²) in [5, 5.41) is 7.51. The van der Waals surface area contributed by atoms with Crippen LogP contribution in [0.3, 0.4) is 0 Å². The van der Waals surface area contributed by atoms with Crippen LogP contribution in [0.2, 0.25) is 0 Å². The number of nitrogens with zero attached hydrogens (tertiary/aromatic N) is 5. The summed E-state index contributed by atoms with van der Waals surface area (Å²) in [5.74, 6) is 1.50. The van der Waals surface area contributed by atoms with Crippen LogP contribution in [0.25, 0.3) is 0 Å². The molecular weight excluding hydrogens is 432 g/mol. The SMILES string of the molecule is CCC(C(=O)NCCCN1CCN(c2ccc(OC)cc2)CC1)N1C(=O)CCn2nc(C)cc21. The molecule has 0 spiro atoms. The normalized spacial score (nSPS) is 17.4. The van der Waals surface area contributed by atoms with Crippen molar-refractivity contribution in [1.82, 2.24) is 20.0 Å². The molecule has 184 valence electrons. The van der Waals surface area contributed by atoms with Crippen molar-refractivity contribution in [3.63, 3.8) is 0 Å². The molecule has 1 fully saturated rings. The lowest BCUT2D eigenvalue weighted by atomic mass is 10.1. The van der Waals surface area contributed by atoms with Crippen molar-refractivity contribution in [3.8, 4) is 5.75 Å². The third-order valence-corrected chi connectivity index (χ3v) is 6.70. The topological polar surface area (TPSA) is 82.9 Å². The average molecular weight is 469 g/mol. The predicted molar refractivity (Wildman–Crippen MR) is 132 cm³/mol. The van der Waals surface area contributed by atoms with Gasteiger partial charge in [-0.1, -0.05) is 6.92 Å². The molecule has 1 aromatic heterocycles. The number of anilines is 2. The molecule has 0 aliphatic carbocycles. The Bertz CT molecular complexity index is 981. The van der Waals surface area contributed by atoms with Crippen molar-refractivity contribution in [2.24, 2.45) is 0 Å². The molecule has 1 atom stereocenters. The molecule has 4 rings (SSSR count). The maximum absolute atomic E-state index is 13.0. The largest absolute Gasteiger partial charge is 0.497 e. The quantitative estimate of drug-likeness (QED) is 0.567. The minimum Gasteiger partial charge on any atom is -0.497 e. The molecule has 1 aromatic carbocycles. The van der Waals surface area contributed by atoms with Crippen molar-refractivity contribution in [1.29, 1.82) is 0 Å². The molecule has 1 saturated heterocycles. The number of aromatic nitrogens is 2. The van der Waals surface area contributed by atoms with Gasteiger partial charge in [0.25, 0.3) is 0 Å². The molecule has 2 aliphatic rings. The van der Waals surface area contributed by atoms with Gasteiger partial charge in [0.05, 0.1) is 19.3 Å². The molecule has 9 heteroatoms. The van der Waals surface area contributed by atoms with Crippen LogP contribution in [0.5, 0.6) is 5.75 Å². The number of hydrogen-bond acceptors (Lipinski definition) is 6. The number of carbonyl (C=O) groups excluding carboxylic acids is 2. The summed E-state index contributed by atoms with van der Waals surface area (Å²) < 4.78 is 7.08. The first-order valence-electron chi connectivity index (χ1n) is 12.3. The zero-order valence-corrected chi connectivity index (χ0v) is 20.5. The fourth-order valence-electron chi connectivity index (χ4n) is 4.81. The van der Waals surface area contributed by atoms with Crippen molar-refractivity contribution in [2.75, 3.05) is 56.2 Å². The van der Waals surface area contributed by atoms with Crippen LogP contribution in [0, 0.1) is 6.92 Å². The second kappa shape index (κ2) is 10.9. The summed E-state index contributed by atoms with van der Waals surface area (Å²) in [6.45, 7) is 9.96. The van der Waals surface area contributed by atoms with Crippen LogP contribution >= 0.6 is 0 Å². The summed E-state index contributed by atoms with van der Waals surface area (Å²) in [5.41, 5.74) is 2.08. The van der Waals surface area contributed by atoms with Gasteiger partial charge < -0.3 is 15.0 Å². The molecular formula is C25H36N6O3. The van der Waals surface area contributed by atoms with E-state index in [9.17, 15) is 9.59 Å². The van der Waals surface area contributed by atoms with Crippen molar-refractivity contribution < 1.29 is 14.3 Å². The highest BCUT2D eigenvalue weighted by Crippen LogP contribution is 2.26. The molecule has 34 heavy (non-hydrogen) atoms. The fraction of sp³-hybridized carbons (Fsp3) is 0.560. The van der Waals surface area contributed by atoms with E-state index in [0.717, 1.165) is 56.4 Å². The number of nitrogens with one attached hydrogen (secondary N) is 1. The Morgan fingerprint density at radius 2 is 1.88 bits per heavy atom. The van der Waals surface area contributed by atoms with Crippen molar-refractivity contribution in [3.05, 3.63) is 36.0 Å². The predicted octanol–water partition coefficient (Wildman–Crippen LogP) is 2.04. The Morgan fingerprint density at radius 3 is 2.56 bits per heavy atom. The number of hydrogen-bond donors (Lipinski definition) is 1. The zero-order chi connectivity index (χ0) is 24.1. The van der Waals surface area contributed by atoms with E-state index in [1.54, 1.807) is 12.0 Å². The van der Waals surface area contributed by atoms with E-state index < -0.39 is 6.04 Å². The molecule has 2 amide bonds. The maximum atomic E-state index is 13.0. The first-order chi connectivity index (χ1) is 16.5. The minimum atomic E-state index is -0.504. The molecule has 1 unspecified atom stereocenters. The number of methoxy groups -OCH3 is 1. The number of fused-ring (bicyclic) bond motifs is 1. The van der Waals surface area contributed by atoms with Crippen LogP contribution in [-0.4, -0.2) is 78.9 Å². The van der Waals surface area contributed by atoms with Gasteiger partial charge >= 0.3 is 0 Å². The van der Waals surface area contributed by atoms with Gasteiger partial charge in [0.1, 0.15) is 17.6 Å². The second-order valence-corrected chi connectivity index (χ2v) is 8.98. The highest BCUT2D eigenvalue weighted by atomic mass is 16.5. The van der Waals surface area contributed by atoms with Crippen molar-refractivity contribution in [2.45, 2.75) is 45.7 Å². The van der Waals surface area contributed by atoms with Crippen LogP contribution in [-0.2, 0) is 16.1 Å². The number of carbonyl (C=O) groups is 2. The van der Waals surface area contributed by atoms with E-state index in [1.165, 1.54) is 5.69 Å². The van der Waals surface area contributed by atoms with Gasteiger partial charge in [0.2, 0.25) is 11.8 Å². The minimum absolute atomic E-state index is 0.0101. The Labute approximate surface area is 201 Å². The van der Waals surface area contributed by atoms with Gasteiger partial charge in [0.15, 0.2) is 0 Å². The molecule has 0 saturated carbocycles. The van der Waals surface area contributed by atoms with Crippen LogP contribution in [0.4, 0.5) is 11.5 Å². The third-order valence-electron chi connectivity index (χ3n) is 6.70. The average Bonchev–Trinajstić information content (AvgIpc) is 3.24. The van der Waals surface area contributed by atoms with E-state index >= 15 is 0 Å². The van der Waals surface area contributed by atoms with E-state index in [-0.39, 0.29) is 11.8 Å². The van der Waals surface area contributed by atoms with Gasteiger partial charge in [-0.15, -0.1) is 0 Å². The first-order valence-corrected chi connectivity index (χ1v) is 12.3. The Balaban J connectivity index is 1.21. The van der Waals surface area contributed by atoms with E-state index in [0.29, 0.717) is 25.9 Å². The highest BCUT2D eigenvalue weighted by Gasteiger charge is 2.34. The summed E-state index contributed by atoms with van der Waals surface area (Å²) in [4.78, 5) is 32.1. The number of ether oxygens (including phenoxy) is 1. The van der Waals surface area contributed by atoms with Gasteiger partial charge in [-0.05, 0) is 50.6 Å². The number of rotatable bonds is 9. The van der Waals surface area contributed by atoms with Gasteiger partial charge in [-0.3, -0.25) is 19.4 Å². The molecule has 2 aliphatic heterocycles. The Morgan fingerprint density at radius 1 is 1.15 bits per heavy atom. The summed E-state index contributed by atoms with van der Waals surface area (Å²) in [7, 11) is 1.68. The lowest BCUT2D eigenvalue weighted by Crippen LogP contribution is -2.52. The fourth-order valence-corrected chi connectivity index (χ4v) is 4.81. The lowest BCUT2D eigenvalue weighted by molar-refractivity contribution is -0.127. The number of piperazine rings is 1. The van der Waals surface area contributed by atoms with E-state index in [4.69, 9.17) is 4.74 Å². The smallest absolute Gasteiger partial charge is 0.243 e. The third kappa shape index (κ3) is 5.35. The van der Waals surface area contributed by atoms with E-state index in [2.05, 4.69) is 32.3 Å². The molecule has 2 aromatic rings. The number of aryl methyl sites for hydroxylation is 2. The summed E-state index contributed by atoms with van der Waals surface area (Å²) in [6.07, 6.45) is 1.82. The highest BCUT2D eigenvalue weighted by molar-refractivity contribution is 6.00. The first kappa shape index (κ1) is 24.1. The molecule has 0 bridgehead atoms. The molecule has 9 nitrogen and oxygen atoms in total. The summed E-state index contributed by atoms with van der Waals surface area (Å²) >= 11 is 0. The molecule has 0 radical (unpaired) electrons. The lowest BCUT2D eigenvalue weighted by Gasteiger charge is -2.36. The molecule has 3 heterocycles. The monoisotopic (exact) mass is 468 g/mol. The van der Waals surface area contributed by atoms with Gasteiger partial charge in [0, 0.05) is 50.9 Å². The molecule has 1 N–H and O–H groups in total. The second-order valence-electron chi connectivity index (χ2n) is 8.98. The van der Waals surface area contributed by atoms with E-state index in [1.807, 2.05) is 36.7 Å². The zero-order valence-electron chi connectivity index (χ0n) is 20.5. The Hall–Kier alpha value is -3.07. The van der Waals surface area contributed by atoms with Gasteiger partial charge in [-0.2, -0.15) is 5.10 Å². The van der Waals surface area contributed by atoms with Crippen LogP contribution < -0.4 is 19.9 Å². The maximum Gasteiger partial charge on any atom is 0.243 e. The number of amides is 2. The Kier molecular flexibility index (Phi) is 7.72. The summed E-state index contributed by atoms with van der Waals surface area (Å²) in [6, 6.07) is 9.60. The number of benzene rings is 1. The van der Waals surface area contributed by atoms with Crippen LogP contribution in [0.15, 0.2) is 30.3 Å². The van der Waals surface area contributed by atoms with Crippen LogP contribution in [0.1, 0.15) is 31.9 Å².